The lowest BCUT2D eigenvalue weighted by Gasteiger charge is -2.30. The van der Waals surface area contributed by atoms with Crippen LogP contribution < -0.4 is 4.90 Å². The number of benzene rings is 9. The Bertz CT molecular complexity index is 4130. The van der Waals surface area contributed by atoms with Crippen LogP contribution in [-0.2, 0) is 10.8 Å². The molecule has 0 bridgehead atoms. The zero-order chi connectivity index (χ0) is 62.1. The van der Waals surface area contributed by atoms with Gasteiger partial charge in [-0.15, -0.1) is 0 Å². The van der Waals surface area contributed by atoms with Crippen LogP contribution in [0.5, 0.6) is 0 Å². The molecule has 9 aromatic carbocycles. The summed E-state index contributed by atoms with van der Waals surface area (Å²) >= 11 is 0. The highest BCUT2D eigenvalue weighted by atomic mass is 15.1. The van der Waals surface area contributed by atoms with Crippen LogP contribution in [0.2, 0.25) is 0 Å². The van der Waals surface area contributed by atoms with Crippen molar-refractivity contribution in [3.63, 3.8) is 0 Å². The minimum absolute atomic E-state index is 0.303. The van der Waals surface area contributed by atoms with E-state index in [2.05, 4.69) is 0 Å². The molecule has 0 radical (unpaired) electrons. The number of anilines is 3. The second kappa shape index (κ2) is 13.3. The lowest BCUT2D eigenvalue weighted by Crippen LogP contribution is -2.18. The lowest BCUT2D eigenvalue weighted by molar-refractivity contribution is 0.660. The van der Waals surface area contributed by atoms with Crippen molar-refractivity contribution in [2.24, 2.45) is 0 Å². The molecule has 59 heavy (non-hydrogen) atoms. The Hall–Kier alpha value is -6.96. The van der Waals surface area contributed by atoms with Crippen molar-refractivity contribution >= 4 is 27.8 Å². The molecule has 0 aliphatic heterocycles. The molecular weight excluding hydrogens is 711 g/mol. The van der Waals surface area contributed by atoms with Gasteiger partial charge in [-0.1, -0.05) is 191 Å². The van der Waals surface area contributed by atoms with Gasteiger partial charge in [0.1, 0.15) is 0 Å². The Morgan fingerprint density at radius 1 is 0.390 bits per heavy atom. The van der Waals surface area contributed by atoms with Crippen molar-refractivity contribution in [2.45, 2.75) is 38.2 Å². The maximum absolute atomic E-state index is 10.2. The normalized spacial score (nSPS) is 21.2. The van der Waals surface area contributed by atoms with Crippen LogP contribution in [0.25, 0.3) is 66.4 Å². The van der Waals surface area contributed by atoms with E-state index in [4.69, 9.17) is 27.4 Å². The quantitative estimate of drug-likeness (QED) is 0.162. The average molecular weight is 782 g/mol. The minimum atomic E-state index is -3.88. The molecule has 282 valence electrons. The summed E-state index contributed by atoms with van der Waals surface area (Å²) in [6.07, 6.45) is 0. The maximum Gasteiger partial charge on any atom is 0.0648 e. The number of fused-ring (bicyclic) bond motifs is 7. The van der Waals surface area contributed by atoms with Crippen LogP contribution in [0.4, 0.5) is 17.1 Å². The van der Waals surface area contributed by atoms with E-state index in [1.165, 1.54) is 12.1 Å². The summed E-state index contributed by atoms with van der Waals surface area (Å²) in [5, 5.41) is 1.71. The second-order valence-corrected chi connectivity index (χ2v) is 14.5. The fourth-order valence-corrected chi connectivity index (χ4v) is 8.21. The molecule has 0 N–H and O–H groups in total. The molecule has 0 saturated carbocycles. The van der Waals surface area contributed by atoms with Gasteiger partial charge in [-0.3, -0.25) is 0 Å². The summed E-state index contributed by atoms with van der Waals surface area (Å²) in [6.45, 7) is -15.5. The Morgan fingerprint density at radius 3 is 1.51 bits per heavy atom. The van der Waals surface area contributed by atoms with Crippen molar-refractivity contribution in [2.75, 3.05) is 4.90 Å². The van der Waals surface area contributed by atoms with Gasteiger partial charge < -0.3 is 4.90 Å². The van der Waals surface area contributed by atoms with E-state index in [1.54, 1.807) is 12.1 Å². The van der Waals surface area contributed by atoms with E-state index in [0.29, 0.717) is 11.1 Å². The van der Waals surface area contributed by atoms with Gasteiger partial charge in [-0.2, -0.15) is 0 Å². The molecule has 11 rings (SSSR count). The van der Waals surface area contributed by atoms with Crippen LogP contribution in [0.3, 0.4) is 0 Å². The predicted octanol–water partition coefficient (Wildman–Crippen LogP) is 15.9. The second-order valence-electron chi connectivity index (χ2n) is 14.5. The zero-order valence-electron chi connectivity index (χ0n) is 56.9. The molecule has 0 fully saturated rings. The molecule has 0 unspecified atom stereocenters. The Balaban J connectivity index is 1.27. The number of nitrogens with zero attached hydrogens (tertiary/aromatic N) is 1. The van der Waals surface area contributed by atoms with Crippen molar-refractivity contribution in [1.29, 1.82) is 0 Å². The van der Waals surface area contributed by atoms with Crippen LogP contribution in [-0.4, -0.2) is 0 Å². The average Bonchev–Trinajstić information content (AvgIpc) is 1.53. The van der Waals surface area contributed by atoms with E-state index in [0.717, 1.165) is 37.9 Å². The molecule has 0 aromatic heterocycles. The first-order valence-corrected chi connectivity index (χ1v) is 18.7. The summed E-state index contributed by atoms with van der Waals surface area (Å²) in [4.78, 5) is 0.725. The third-order valence-electron chi connectivity index (χ3n) is 11.1. The molecule has 0 saturated heterocycles. The minimum Gasteiger partial charge on any atom is -0.310 e. The summed E-state index contributed by atoms with van der Waals surface area (Å²) in [6, 6.07) is 19.4. The van der Waals surface area contributed by atoms with Gasteiger partial charge in [0.15, 0.2) is 0 Å². The molecular formula is C58H45N. The highest BCUT2D eigenvalue weighted by molar-refractivity contribution is 6.04. The molecule has 2 aliphatic rings. The zero-order valence-corrected chi connectivity index (χ0v) is 30.9. The monoisotopic (exact) mass is 782 g/mol. The van der Waals surface area contributed by atoms with Gasteiger partial charge in [0.2, 0.25) is 0 Å². The maximum atomic E-state index is 10.2. The van der Waals surface area contributed by atoms with Gasteiger partial charge in [-0.05, 0) is 125 Å². The number of rotatable bonds is 6. The fourth-order valence-electron chi connectivity index (χ4n) is 8.21. The third-order valence-corrected chi connectivity index (χ3v) is 11.1. The molecule has 9 aromatic rings. The summed E-state index contributed by atoms with van der Waals surface area (Å²) in [7, 11) is 0. The number of hydrogen-bond donors (Lipinski definition) is 0. The highest BCUT2D eigenvalue weighted by Crippen LogP contribution is 2.53. The first-order valence-electron chi connectivity index (χ1n) is 31.7. The SMILES string of the molecule is [2H]c1c([2H])c([2H])c2c(c1[2H])-c1c([2H])c([2H])c(N(c3ccc(-c4ccc5ccccc5c4-c4ccc(-c5ccccc5)cc4)cc3)c3c([2H])c([2H])c4c(c3[2H])C(C([2H])([2H])[2H])(C([2H])([2H])[2H])c3c([2H])c([2H])c([2H])c([2H])c3-4)c([2H])c1C2(C([2H])([2H])[2H])C([2H])([2H])[2H]. The van der Waals surface area contributed by atoms with Crippen molar-refractivity contribution < 1.29 is 35.6 Å². The van der Waals surface area contributed by atoms with Gasteiger partial charge in [0.25, 0.3) is 0 Å². The predicted molar refractivity (Wildman–Crippen MR) is 250 cm³/mol. The first kappa shape index (κ1) is 17.5. The topological polar surface area (TPSA) is 3.24 Å². The molecule has 1 nitrogen and oxygen atoms in total. The molecule has 0 spiro atoms. The third kappa shape index (κ3) is 5.53. The van der Waals surface area contributed by atoms with Crippen molar-refractivity contribution in [1.82, 2.24) is 0 Å². The van der Waals surface area contributed by atoms with Crippen molar-refractivity contribution in [3.8, 4) is 55.6 Å². The van der Waals surface area contributed by atoms with E-state index < -0.39 is 179 Å². The first-order chi connectivity index (χ1) is 39.6. The van der Waals surface area contributed by atoms with Crippen LogP contribution in [0.1, 0.15) is 85.3 Å². The van der Waals surface area contributed by atoms with Crippen molar-refractivity contribution in [3.05, 3.63) is 222 Å². The van der Waals surface area contributed by atoms with Crippen LogP contribution >= 0.6 is 0 Å². The standard InChI is InChI=1S/C58H45N/c1-57(2)52-20-12-10-18-48(52)50-34-31-44(36-54(50)57)59(45-32-35-51-49-19-11-13-21-53(49)58(3,4)55(51)37-45)43-29-26-41(27-30-43)47-33-28-40-16-8-9-17-46(40)56(47)42-24-22-39(23-25-42)38-14-6-5-7-15-38/h5-37H,1-4H3/i1D3,2D3,3D3,4D3,10D,11D,12D,13D,18D,19D,20D,21D,31D,32D,34D,35D,36D,37D. The largest absolute Gasteiger partial charge is 0.310 e. The highest BCUT2D eigenvalue weighted by Gasteiger charge is 2.37. The molecule has 1 heteroatoms. The number of hydrogen-bond acceptors (Lipinski definition) is 1. The molecule has 0 amide bonds. The Morgan fingerprint density at radius 2 is 0.898 bits per heavy atom. The van der Waals surface area contributed by atoms with E-state index in [-0.39, 0.29) is 5.69 Å². The van der Waals surface area contributed by atoms with Gasteiger partial charge in [0.05, 0.1) is 19.2 Å². The summed E-state index contributed by atoms with van der Waals surface area (Å²) in [5.41, 5.74) is -12.4. The van der Waals surface area contributed by atoms with Crippen LogP contribution in [0, 0.1) is 0 Å². The molecule has 2 aliphatic carbocycles. The smallest absolute Gasteiger partial charge is 0.0648 e. The van der Waals surface area contributed by atoms with Gasteiger partial charge in [-0.25, -0.2) is 0 Å². The van der Waals surface area contributed by atoms with Gasteiger partial charge in [0, 0.05) is 44.3 Å². The molecule has 0 heterocycles. The van der Waals surface area contributed by atoms with E-state index >= 15 is 0 Å². The fraction of sp³-hybridized carbons (Fsp3) is 0.103. The van der Waals surface area contributed by atoms with Gasteiger partial charge >= 0.3 is 0 Å². The Labute approximate surface area is 384 Å². The lowest BCUT2D eigenvalue weighted by atomic mass is 9.82. The molecule has 0 atom stereocenters. The summed E-state index contributed by atoms with van der Waals surface area (Å²) in [5.74, 6) is 0. The summed E-state index contributed by atoms with van der Waals surface area (Å²) < 4.78 is 239. The van der Waals surface area contributed by atoms with E-state index in [1.807, 2.05) is 91.0 Å². The Kier molecular flexibility index (Phi) is 3.94. The van der Waals surface area contributed by atoms with E-state index in [9.17, 15) is 8.22 Å². The van der Waals surface area contributed by atoms with Crippen LogP contribution in [0.15, 0.2) is 200 Å².